The topological polar surface area (TPSA) is 93.7 Å². The van der Waals surface area contributed by atoms with Gasteiger partial charge in [-0.15, -0.1) is 0 Å². The molecule has 0 bridgehead atoms. The molecule has 2 rings (SSSR count). The highest BCUT2D eigenvalue weighted by atomic mass is 35.5. The molecule has 1 aromatic carbocycles. The number of cyclic esters (lactones) is 2. The lowest BCUT2D eigenvalue weighted by Gasteiger charge is -2.29. The van der Waals surface area contributed by atoms with Gasteiger partial charge in [0.15, 0.2) is 5.57 Å². The highest BCUT2D eigenvalue weighted by molar-refractivity contribution is 6.33. The van der Waals surface area contributed by atoms with Gasteiger partial charge in [0.25, 0.3) is 5.79 Å². The van der Waals surface area contributed by atoms with Gasteiger partial charge in [-0.25, -0.2) is 9.59 Å². The monoisotopic (exact) mass is 366 g/mol. The van der Waals surface area contributed by atoms with Crippen LogP contribution in [0.25, 0.3) is 0 Å². The van der Waals surface area contributed by atoms with Crippen LogP contribution in [0.2, 0.25) is 5.02 Å². The molecule has 0 aromatic heterocycles. The first-order valence-corrected chi connectivity index (χ1v) is 8.00. The lowest BCUT2D eigenvalue weighted by atomic mass is 10.2. The van der Waals surface area contributed by atoms with Gasteiger partial charge in [0.05, 0.1) is 10.7 Å². The molecule has 134 valence electrons. The summed E-state index contributed by atoms with van der Waals surface area (Å²) in [6.07, 6.45) is 1.16. The number of halogens is 1. The van der Waals surface area contributed by atoms with E-state index in [4.69, 9.17) is 21.1 Å². The van der Waals surface area contributed by atoms with E-state index in [1.165, 1.54) is 13.8 Å². The minimum absolute atomic E-state index is 0.145. The van der Waals surface area contributed by atoms with E-state index in [-0.39, 0.29) is 17.4 Å². The van der Waals surface area contributed by atoms with Crippen LogP contribution in [0, 0.1) is 5.92 Å². The third-order valence-corrected chi connectivity index (χ3v) is 3.58. The molecule has 1 saturated heterocycles. The lowest BCUT2D eigenvalue weighted by Crippen LogP contribution is -2.42. The van der Waals surface area contributed by atoms with Crippen LogP contribution < -0.4 is 10.6 Å². The summed E-state index contributed by atoms with van der Waals surface area (Å²) in [6, 6.07) is 4.81. The highest BCUT2D eigenvalue weighted by Crippen LogP contribution is 2.27. The first-order valence-electron chi connectivity index (χ1n) is 7.63. The summed E-state index contributed by atoms with van der Waals surface area (Å²) in [4.78, 5) is 35.5. The minimum atomic E-state index is -1.30. The second-order valence-electron chi connectivity index (χ2n) is 6.22. The maximum absolute atomic E-state index is 11.9. The maximum atomic E-state index is 11.9. The molecule has 1 amide bonds. The number of carbonyl (C=O) groups excluding carboxylic acids is 3. The Bertz CT molecular complexity index is 733. The van der Waals surface area contributed by atoms with Crippen LogP contribution in [0.4, 0.5) is 11.4 Å². The van der Waals surface area contributed by atoms with Crippen LogP contribution in [0.15, 0.2) is 30.0 Å². The van der Waals surface area contributed by atoms with E-state index in [0.717, 1.165) is 6.20 Å². The zero-order valence-corrected chi connectivity index (χ0v) is 15.1. The normalized spacial score (nSPS) is 16.2. The molecule has 25 heavy (non-hydrogen) atoms. The number of anilines is 2. The Kier molecular flexibility index (Phi) is 5.37. The first-order chi connectivity index (χ1) is 11.6. The van der Waals surface area contributed by atoms with Gasteiger partial charge < -0.3 is 20.1 Å². The molecule has 1 fully saturated rings. The van der Waals surface area contributed by atoms with Crippen LogP contribution in [0.5, 0.6) is 0 Å². The molecule has 0 radical (unpaired) electrons. The van der Waals surface area contributed by atoms with Gasteiger partial charge in [-0.2, -0.15) is 0 Å². The summed E-state index contributed by atoms with van der Waals surface area (Å²) >= 11 is 6.09. The van der Waals surface area contributed by atoms with Gasteiger partial charge >= 0.3 is 11.9 Å². The molecule has 0 aliphatic carbocycles. The van der Waals surface area contributed by atoms with Gasteiger partial charge in [0.1, 0.15) is 0 Å². The summed E-state index contributed by atoms with van der Waals surface area (Å²) in [6.45, 7) is 6.47. The summed E-state index contributed by atoms with van der Waals surface area (Å²) in [5, 5.41) is 5.85. The van der Waals surface area contributed by atoms with E-state index in [0.29, 0.717) is 16.4 Å². The molecule has 0 saturated carbocycles. The van der Waals surface area contributed by atoms with Crippen molar-refractivity contribution in [2.24, 2.45) is 5.92 Å². The Hall–Kier alpha value is -2.54. The van der Waals surface area contributed by atoms with Crippen molar-refractivity contribution in [3.8, 4) is 0 Å². The fourth-order valence-corrected chi connectivity index (χ4v) is 2.10. The largest absolute Gasteiger partial charge is 0.419 e. The molecular weight excluding hydrogens is 348 g/mol. The Morgan fingerprint density at radius 2 is 1.80 bits per heavy atom. The van der Waals surface area contributed by atoms with Crippen LogP contribution in [-0.4, -0.2) is 23.6 Å². The van der Waals surface area contributed by atoms with Crippen LogP contribution in [0.1, 0.15) is 27.7 Å². The fraction of sp³-hybridized carbons (Fsp3) is 0.353. The number of nitrogens with one attached hydrogen (secondary N) is 2. The Morgan fingerprint density at radius 3 is 2.36 bits per heavy atom. The van der Waals surface area contributed by atoms with E-state index >= 15 is 0 Å². The Balaban J connectivity index is 2.18. The Morgan fingerprint density at radius 1 is 1.20 bits per heavy atom. The standard InChI is InChI=1S/C17H19ClN2O5/c1-9(2)14(21)20-10-5-6-12(18)13(7-10)19-8-11-15(22)24-17(3,4)25-16(11)23/h5-9,19H,1-4H3,(H,20,21). The predicted octanol–water partition coefficient (Wildman–Crippen LogP) is 3.07. The molecule has 2 N–H and O–H groups in total. The summed E-state index contributed by atoms with van der Waals surface area (Å²) < 4.78 is 10.00. The van der Waals surface area contributed by atoms with E-state index in [2.05, 4.69) is 10.6 Å². The van der Waals surface area contributed by atoms with E-state index in [1.807, 2.05) is 0 Å². The SMILES string of the molecule is CC(C)C(=O)Nc1ccc(Cl)c(NC=C2C(=O)OC(C)(C)OC2=O)c1. The summed E-state index contributed by atoms with van der Waals surface area (Å²) in [5.74, 6) is -3.22. The van der Waals surface area contributed by atoms with Gasteiger partial charge in [-0.3, -0.25) is 4.79 Å². The average molecular weight is 367 g/mol. The van der Waals surface area contributed by atoms with Crippen molar-refractivity contribution in [3.63, 3.8) is 0 Å². The van der Waals surface area contributed by atoms with Gasteiger partial charge in [-0.1, -0.05) is 25.4 Å². The minimum Gasteiger partial charge on any atom is -0.419 e. The molecule has 1 aromatic rings. The number of esters is 2. The van der Waals surface area contributed by atoms with Crippen molar-refractivity contribution in [1.82, 2.24) is 0 Å². The van der Waals surface area contributed by atoms with Crippen molar-refractivity contribution in [2.75, 3.05) is 10.6 Å². The molecule has 8 heteroatoms. The van der Waals surface area contributed by atoms with Crippen LogP contribution in [-0.2, 0) is 23.9 Å². The molecule has 0 spiro atoms. The quantitative estimate of drug-likeness (QED) is 0.483. The zero-order valence-electron chi connectivity index (χ0n) is 14.3. The molecule has 1 aliphatic rings. The van der Waals surface area contributed by atoms with Gasteiger partial charge in [0, 0.05) is 31.7 Å². The van der Waals surface area contributed by atoms with Gasteiger partial charge in [0.2, 0.25) is 5.91 Å². The molecule has 0 unspecified atom stereocenters. The van der Waals surface area contributed by atoms with E-state index < -0.39 is 17.7 Å². The smallest absolute Gasteiger partial charge is 0.350 e. The summed E-state index contributed by atoms with van der Waals surface area (Å²) in [7, 11) is 0. The third-order valence-electron chi connectivity index (χ3n) is 3.25. The number of carbonyl (C=O) groups is 3. The molecule has 7 nitrogen and oxygen atoms in total. The van der Waals surface area contributed by atoms with Crippen LogP contribution >= 0.6 is 11.6 Å². The van der Waals surface area contributed by atoms with Crippen molar-refractivity contribution < 1.29 is 23.9 Å². The number of benzene rings is 1. The summed E-state index contributed by atoms with van der Waals surface area (Å²) in [5.41, 5.74) is 0.645. The molecular formula is C17H19ClN2O5. The Labute approximate surface area is 150 Å². The number of rotatable bonds is 4. The van der Waals surface area contributed by atoms with Crippen molar-refractivity contribution in [2.45, 2.75) is 33.5 Å². The predicted molar refractivity (Wildman–Crippen MR) is 92.9 cm³/mol. The second-order valence-corrected chi connectivity index (χ2v) is 6.63. The number of hydrogen-bond donors (Lipinski definition) is 2. The molecule has 1 aliphatic heterocycles. The van der Waals surface area contributed by atoms with E-state index in [9.17, 15) is 14.4 Å². The van der Waals surface area contributed by atoms with Crippen molar-refractivity contribution in [3.05, 3.63) is 35.0 Å². The van der Waals surface area contributed by atoms with Crippen LogP contribution in [0.3, 0.4) is 0 Å². The number of amides is 1. The third kappa shape index (κ3) is 4.73. The highest BCUT2D eigenvalue weighted by Gasteiger charge is 2.38. The fourth-order valence-electron chi connectivity index (χ4n) is 1.93. The second kappa shape index (κ2) is 7.14. The zero-order chi connectivity index (χ0) is 18.8. The first kappa shape index (κ1) is 18.8. The lowest BCUT2D eigenvalue weighted by molar-refractivity contribution is -0.222. The number of ether oxygens (including phenoxy) is 2. The van der Waals surface area contributed by atoms with E-state index in [1.54, 1.807) is 32.0 Å². The van der Waals surface area contributed by atoms with Crippen molar-refractivity contribution >= 4 is 40.8 Å². The average Bonchev–Trinajstić information content (AvgIpc) is 2.48. The van der Waals surface area contributed by atoms with Crippen molar-refractivity contribution in [1.29, 1.82) is 0 Å². The molecule has 0 atom stereocenters. The maximum Gasteiger partial charge on any atom is 0.350 e. The van der Waals surface area contributed by atoms with Gasteiger partial charge in [-0.05, 0) is 18.2 Å². The number of hydrogen-bond acceptors (Lipinski definition) is 6. The molecule has 1 heterocycles.